The van der Waals surface area contributed by atoms with Gasteiger partial charge in [0.2, 0.25) is 11.9 Å². The molecule has 0 atom stereocenters. The molecule has 218 valence electrons. The number of carbonyl (C=O) groups is 2. The van der Waals surface area contributed by atoms with Gasteiger partial charge in [-0.3, -0.25) is 9.59 Å². The van der Waals surface area contributed by atoms with Gasteiger partial charge in [-0.1, -0.05) is 24.3 Å². The number of nitrogens with zero attached hydrogens (tertiary/aromatic N) is 4. The zero-order valence-corrected chi connectivity index (χ0v) is 24.2. The average Bonchev–Trinajstić information content (AvgIpc) is 3.43. The van der Waals surface area contributed by atoms with Gasteiger partial charge in [0.15, 0.2) is 0 Å². The van der Waals surface area contributed by atoms with Gasteiger partial charge >= 0.3 is 0 Å². The standard InChI is InChI=1S/C33H33N7O3/c1-4-43-29-14-7-13-28-27(29)17-20-40(28)30-16-18-34-33(38-30)37-26-12-6-11-25(22-26)36-32(42)23-9-5-10-24(21-23)35-31(41)15-8-19-39(2)3/h5-18,20-22H,4,19H2,1-3H3,(H,35,41)(H,36,42)(H,34,37,38)/b15-8+. The summed E-state index contributed by atoms with van der Waals surface area (Å²) >= 11 is 0. The van der Waals surface area contributed by atoms with Gasteiger partial charge in [0, 0.05) is 53.0 Å². The molecule has 0 saturated heterocycles. The predicted octanol–water partition coefficient (Wildman–Crippen LogP) is 5.87. The van der Waals surface area contributed by atoms with Gasteiger partial charge in [0.1, 0.15) is 11.6 Å². The van der Waals surface area contributed by atoms with Gasteiger partial charge in [0.05, 0.1) is 12.1 Å². The van der Waals surface area contributed by atoms with E-state index < -0.39 is 0 Å². The summed E-state index contributed by atoms with van der Waals surface area (Å²) in [5.41, 5.74) is 3.22. The van der Waals surface area contributed by atoms with Gasteiger partial charge in [-0.15, -0.1) is 0 Å². The molecule has 43 heavy (non-hydrogen) atoms. The van der Waals surface area contributed by atoms with E-state index in [1.54, 1.807) is 48.7 Å². The zero-order valence-electron chi connectivity index (χ0n) is 24.2. The van der Waals surface area contributed by atoms with E-state index in [0.29, 0.717) is 47.5 Å². The highest BCUT2D eigenvalue weighted by atomic mass is 16.5. The van der Waals surface area contributed by atoms with Crippen molar-refractivity contribution in [1.29, 1.82) is 0 Å². The summed E-state index contributed by atoms with van der Waals surface area (Å²) in [4.78, 5) is 36.3. The van der Waals surface area contributed by atoms with Crippen LogP contribution in [0.2, 0.25) is 0 Å². The number of anilines is 4. The molecule has 0 radical (unpaired) electrons. The molecule has 0 bridgehead atoms. The number of aromatic nitrogens is 3. The third kappa shape index (κ3) is 7.43. The van der Waals surface area contributed by atoms with Gasteiger partial charge in [-0.25, -0.2) is 4.98 Å². The molecule has 3 aromatic carbocycles. The van der Waals surface area contributed by atoms with Crippen molar-refractivity contribution in [3.05, 3.63) is 109 Å². The van der Waals surface area contributed by atoms with Crippen molar-refractivity contribution in [3.8, 4) is 11.6 Å². The minimum absolute atomic E-state index is 0.260. The van der Waals surface area contributed by atoms with Crippen molar-refractivity contribution in [2.45, 2.75) is 6.92 Å². The molecule has 2 heterocycles. The molecule has 0 fully saturated rings. The number of hydrogen-bond acceptors (Lipinski definition) is 7. The Balaban J connectivity index is 1.26. The lowest BCUT2D eigenvalue weighted by Crippen LogP contribution is -2.14. The molecule has 10 nitrogen and oxygen atoms in total. The van der Waals surface area contributed by atoms with E-state index in [9.17, 15) is 9.59 Å². The lowest BCUT2D eigenvalue weighted by atomic mass is 10.1. The Labute approximate surface area is 250 Å². The molecular formula is C33H33N7O3. The first-order valence-electron chi connectivity index (χ1n) is 13.9. The molecule has 5 aromatic rings. The molecule has 0 spiro atoms. The fourth-order valence-electron chi connectivity index (χ4n) is 4.46. The Hall–Kier alpha value is -5.48. The lowest BCUT2D eigenvalue weighted by molar-refractivity contribution is -0.111. The van der Waals surface area contributed by atoms with Crippen LogP contribution in [0.4, 0.5) is 23.0 Å². The minimum atomic E-state index is -0.305. The summed E-state index contributed by atoms with van der Waals surface area (Å²) < 4.78 is 7.75. The van der Waals surface area contributed by atoms with E-state index in [4.69, 9.17) is 9.72 Å². The van der Waals surface area contributed by atoms with Crippen LogP contribution in [0.15, 0.2) is 103 Å². The number of likely N-dealkylation sites (N-methyl/N-ethyl adjacent to an activating group) is 1. The van der Waals surface area contributed by atoms with E-state index in [1.165, 1.54) is 6.08 Å². The number of ether oxygens (including phenoxy) is 1. The molecule has 0 unspecified atom stereocenters. The third-order valence-corrected chi connectivity index (χ3v) is 6.39. The Bertz CT molecular complexity index is 1780. The van der Waals surface area contributed by atoms with Crippen LogP contribution >= 0.6 is 0 Å². The van der Waals surface area contributed by atoms with Crippen molar-refractivity contribution < 1.29 is 14.3 Å². The monoisotopic (exact) mass is 575 g/mol. The second-order valence-electron chi connectivity index (χ2n) is 9.94. The van der Waals surface area contributed by atoms with Crippen molar-refractivity contribution in [2.75, 3.05) is 43.2 Å². The van der Waals surface area contributed by atoms with Crippen LogP contribution in [0.5, 0.6) is 5.75 Å². The summed E-state index contributed by atoms with van der Waals surface area (Å²) in [7, 11) is 3.85. The zero-order chi connectivity index (χ0) is 30.2. The summed E-state index contributed by atoms with van der Waals surface area (Å²) in [5, 5.41) is 9.93. The summed E-state index contributed by atoms with van der Waals surface area (Å²) in [6, 6.07) is 23.9. The Morgan fingerprint density at radius 3 is 2.51 bits per heavy atom. The highest BCUT2D eigenvalue weighted by molar-refractivity contribution is 6.06. The summed E-state index contributed by atoms with van der Waals surface area (Å²) in [6.07, 6.45) is 6.90. The maximum atomic E-state index is 13.0. The van der Waals surface area contributed by atoms with Crippen molar-refractivity contribution in [1.82, 2.24) is 19.4 Å². The topological polar surface area (TPSA) is 113 Å². The molecule has 10 heteroatoms. The minimum Gasteiger partial charge on any atom is -0.493 e. The second-order valence-corrected chi connectivity index (χ2v) is 9.94. The SMILES string of the molecule is CCOc1cccc2c1ccn2-c1ccnc(Nc2cccc(NC(=O)c3cccc(NC(=O)/C=C/CN(C)C)c3)c2)n1. The maximum Gasteiger partial charge on any atom is 0.255 e. The number of amides is 2. The Kier molecular flexibility index (Phi) is 9.08. The molecule has 2 amide bonds. The van der Waals surface area contributed by atoms with Gasteiger partial charge in [0.25, 0.3) is 5.91 Å². The predicted molar refractivity (Wildman–Crippen MR) is 170 cm³/mol. The number of fused-ring (bicyclic) bond motifs is 1. The fourth-order valence-corrected chi connectivity index (χ4v) is 4.46. The van der Waals surface area contributed by atoms with Crippen LogP contribution in [-0.2, 0) is 4.79 Å². The van der Waals surface area contributed by atoms with Crippen LogP contribution in [0.3, 0.4) is 0 Å². The van der Waals surface area contributed by atoms with Gasteiger partial charge < -0.3 is 30.2 Å². The van der Waals surface area contributed by atoms with E-state index in [2.05, 4.69) is 20.9 Å². The number of benzene rings is 3. The van der Waals surface area contributed by atoms with Crippen LogP contribution in [0.1, 0.15) is 17.3 Å². The molecule has 2 aromatic heterocycles. The lowest BCUT2D eigenvalue weighted by Gasteiger charge is -2.11. The first-order chi connectivity index (χ1) is 20.9. The quantitative estimate of drug-likeness (QED) is 0.169. The van der Waals surface area contributed by atoms with Gasteiger partial charge in [-0.05, 0) is 81.7 Å². The smallest absolute Gasteiger partial charge is 0.255 e. The molecule has 5 rings (SSSR count). The average molecular weight is 576 g/mol. The van der Waals surface area contributed by atoms with Crippen molar-refractivity contribution in [2.24, 2.45) is 0 Å². The fraction of sp³-hybridized carbons (Fsp3) is 0.152. The van der Waals surface area contributed by atoms with Crippen LogP contribution in [0.25, 0.3) is 16.7 Å². The molecule has 3 N–H and O–H groups in total. The van der Waals surface area contributed by atoms with E-state index in [0.717, 1.165) is 16.7 Å². The van der Waals surface area contributed by atoms with E-state index >= 15 is 0 Å². The van der Waals surface area contributed by atoms with Crippen molar-refractivity contribution >= 4 is 45.7 Å². The van der Waals surface area contributed by atoms with Crippen molar-refractivity contribution in [3.63, 3.8) is 0 Å². The number of nitrogens with one attached hydrogen (secondary N) is 3. The van der Waals surface area contributed by atoms with E-state index in [-0.39, 0.29) is 11.8 Å². The normalized spacial score (nSPS) is 11.2. The number of carbonyl (C=O) groups excluding carboxylic acids is 2. The Morgan fingerprint density at radius 1 is 0.930 bits per heavy atom. The molecule has 0 aliphatic rings. The maximum absolute atomic E-state index is 13.0. The van der Waals surface area contributed by atoms with Crippen LogP contribution in [-0.4, -0.2) is 58.5 Å². The number of rotatable bonds is 11. The molecular weight excluding hydrogens is 542 g/mol. The van der Waals surface area contributed by atoms with Gasteiger partial charge in [-0.2, -0.15) is 4.98 Å². The third-order valence-electron chi connectivity index (χ3n) is 6.39. The second kappa shape index (κ2) is 13.5. The summed E-state index contributed by atoms with van der Waals surface area (Å²) in [6.45, 7) is 3.21. The highest BCUT2D eigenvalue weighted by Gasteiger charge is 2.11. The molecule has 0 aliphatic heterocycles. The first kappa shape index (κ1) is 29.0. The van der Waals surface area contributed by atoms with E-state index in [1.807, 2.05) is 79.1 Å². The largest absolute Gasteiger partial charge is 0.493 e. The first-order valence-corrected chi connectivity index (χ1v) is 13.9. The molecule has 0 aliphatic carbocycles. The van der Waals surface area contributed by atoms with Crippen LogP contribution < -0.4 is 20.7 Å². The highest BCUT2D eigenvalue weighted by Crippen LogP contribution is 2.28. The summed E-state index contributed by atoms with van der Waals surface area (Å²) in [5.74, 6) is 1.37. The van der Waals surface area contributed by atoms with Crippen LogP contribution in [0, 0.1) is 0 Å². The molecule has 0 saturated carbocycles. The number of hydrogen-bond donors (Lipinski definition) is 3. The Morgan fingerprint density at radius 2 is 1.70 bits per heavy atom.